The van der Waals surface area contributed by atoms with Crippen LogP contribution in [0.25, 0.3) is 11.4 Å². The van der Waals surface area contributed by atoms with Crippen LogP contribution >= 0.6 is 11.3 Å². The fourth-order valence-electron chi connectivity index (χ4n) is 4.06. The number of anilines is 2. The second-order valence-corrected chi connectivity index (χ2v) is 8.96. The summed E-state index contributed by atoms with van der Waals surface area (Å²) >= 11 is 1.61. The molecule has 34 heavy (non-hydrogen) atoms. The van der Waals surface area contributed by atoms with Gasteiger partial charge in [0.2, 0.25) is 5.95 Å². The fourth-order valence-corrected chi connectivity index (χ4v) is 5.08. The Balaban J connectivity index is 1.55. The SMILES string of the molecule is CCOc1ccc(-c2nc3n(n2)C(c2sccc2C)C(C(=O)Nc2ccccc2)=C(C)N3)cc1. The lowest BCUT2D eigenvalue weighted by Gasteiger charge is -2.28. The van der Waals surface area contributed by atoms with Crippen molar-refractivity contribution in [2.45, 2.75) is 26.8 Å². The van der Waals surface area contributed by atoms with Gasteiger partial charge in [-0.2, -0.15) is 4.98 Å². The molecule has 0 fully saturated rings. The summed E-state index contributed by atoms with van der Waals surface area (Å²) in [6.45, 7) is 6.53. The minimum atomic E-state index is -0.385. The maximum atomic E-state index is 13.5. The number of aryl methyl sites for hydroxylation is 1. The smallest absolute Gasteiger partial charge is 0.255 e. The van der Waals surface area contributed by atoms with Gasteiger partial charge in [0.05, 0.1) is 12.2 Å². The molecule has 2 aromatic heterocycles. The quantitative estimate of drug-likeness (QED) is 0.380. The number of amides is 1. The van der Waals surface area contributed by atoms with E-state index in [2.05, 4.69) is 23.6 Å². The first-order valence-electron chi connectivity index (χ1n) is 11.1. The van der Waals surface area contributed by atoms with Gasteiger partial charge in [-0.15, -0.1) is 16.4 Å². The first-order chi connectivity index (χ1) is 16.5. The van der Waals surface area contributed by atoms with Gasteiger partial charge in [0.15, 0.2) is 5.82 Å². The number of carbonyl (C=O) groups excluding carboxylic acids is 1. The standard InChI is InChI=1S/C26H25N5O2S/c1-4-33-20-12-10-18(11-13-20)24-29-26-27-17(3)21(25(32)28-19-8-6-5-7-9-19)22(31(26)30-24)23-16(2)14-15-34-23/h5-15,22H,4H2,1-3H3,(H,28,32)(H,27,29,30). The molecule has 3 heterocycles. The van der Waals surface area contributed by atoms with Crippen molar-refractivity contribution in [3.05, 3.63) is 87.8 Å². The minimum absolute atomic E-state index is 0.169. The van der Waals surface area contributed by atoms with Gasteiger partial charge in [-0.25, -0.2) is 4.68 Å². The van der Waals surface area contributed by atoms with Crippen LogP contribution in [0.2, 0.25) is 0 Å². The van der Waals surface area contributed by atoms with Crippen LogP contribution in [0.3, 0.4) is 0 Å². The summed E-state index contributed by atoms with van der Waals surface area (Å²) in [5.41, 5.74) is 4.10. The van der Waals surface area contributed by atoms with Gasteiger partial charge in [0.25, 0.3) is 5.91 Å². The van der Waals surface area contributed by atoms with Crippen molar-refractivity contribution in [1.82, 2.24) is 14.8 Å². The molecule has 2 aromatic carbocycles. The lowest BCUT2D eigenvalue weighted by molar-refractivity contribution is -0.113. The van der Waals surface area contributed by atoms with Gasteiger partial charge < -0.3 is 15.4 Å². The van der Waals surface area contributed by atoms with Crippen molar-refractivity contribution in [2.24, 2.45) is 0 Å². The Labute approximate surface area is 202 Å². The maximum Gasteiger partial charge on any atom is 0.255 e. The van der Waals surface area contributed by atoms with Crippen molar-refractivity contribution in [1.29, 1.82) is 0 Å². The maximum absolute atomic E-state index is 13.5. The van der Waals surface area contributed by atoms with E-state index >= 15 is 0 Å². The monoisotopic (exact) mass is 471 g/mol. The zero-order valence-electron chi connectivity index (χ0n) is 19.2. The van der Waals surface area contributed by atoms with Gasteiger partial charge in [0, 0.05) is 21.8 Å². The van der Waals surface area contributed by atoms with E-state index in [1.54, 1.807) is 11.3 Å². The molecule has 0 saturated carbocycles. The Morgan fingerprint density at radius 2 is 1.88 bits per heavy atom. The molecular weight excluding hydrogens is 446 g/mol. The number of nitrogens with one attached hydrogen (secondary N) is 2. The Hall–Kier alpha value is -3.91. The molecule has 172 valence electrons. The summed E-state index contributed by atoms with van der Waals surface area (Å²) in [4.78, 5) is 19.3. The number of thiophene rings is 1. The van der Waals surface area contributed by atoms with Gasteiger partial charge in [-0.3, -0.25) is 4.79 Å². The number of allylic oxidation sites excluding steroid dienone is 1. The molecule has 0 saturated heterocycles. The van der Waals surface area contributed by atoms with Gasteiger partial charge >= 0.3 is 0 Å². The molecule has 0 spiro atoms. The largest absolute Gasteiger partial charge is 0.494 e. The van der Waals surface area contributed by atoms with Crippen LogP contribution < -0.4 is 15.4 Å². The highest BCUT2D eigenvalue weighted by Crippen LogP contribution is 2.40. The molecule has 0 aliphatic carbocycles. The van der Waals surface area contributed by atoms with Gasteiger partial charge in [0.1, 0.15) is 11.8 Å². The third kappa shape index (κ3) is 4.08. The zero-order chi connectivity index (χ0) is 23.7. The van der Waals surface area contributed by atoms with Crippen LogP contribution in [0, 0.1) is 6.92 Å². The Morgan fingerprint density at radius 3 is 2.56 bits per heavy atom. The molecule has 8 heteroatoms. The molecule has 0 radical (unpaired) electrons. The predicted octanol–water partition coefficient (Wildman–Crippen LogP) is 5.64. The number of rotatable bonds is 6. The molecule has 1 aliphatic heterocycles. The summed E-state index contributed by atoms with van der Waals surface area (Å²) in [7, 11) is 0. The normalized spacial score (nSPS) is 15.0. The van der Waals surface area contributed by atoms with E-state index in [0.29, 0.717) is 24.0 Å². The molecular formula is C26H25N5O2S. The molecule has 7 nitrogen and oxygen atoms in total. The van der Waals surface area contributed by atoms with Crippen molar-refractivity contribution in [3.8, 4) is 17.1 Å². The van der Waals surface area contributed by atoms with Crippen LogP contribution in [0.5, 0.6) is 5.75 Å². The van der Waals surface area contributed by atoms with E-state index in [-0.39, 0.29) is 11.9 Å². The molecule has 1 aliphatic rings. The van der Waals surface area contributed by atoms with Crippen LogP contribution in [-0.2, 0) is 4.79 Å². The van der Waals surface area contributed by atoms with Crippen LogP contribution in [-0.4, -0.2) is 27.3 Å². The topological polar surface area (TPSA) is 81.1 Å². The van der Waals surface area contributed by atoms with Crippen LogP contribution in [0.1, 0.15) is 30.3 Å². The number of para-hydroxylation sites is 1. The molecule has 0 bridgehead atoms. The van der Waals surface area contributed by atoms with Crippen molar-refractivity contribution in [3.63, 3.8) is 0 Å². The second kappa shape index (κ2) is 9.15. The van der Waals surface area contributed by atoms with E-state index in [4.69, 9.17) is 14.8 Å². The highest BCUT2D eigenvalue weighted by molar-refractivity contribution is 7.10. The number of nitrogens with zero attached hydrogens (tertiary/aromatic N) is 3. The fraction of sp³-hybridized carbons (Fsp3) is 0.192. The van der Waals surface area contributed by atoms with E-state index < -0.39 is 0 Å². The van der Waals surface area contributed by atoms with E-state index in [1.165, 1.54) is 0 Å². The third-order valence-electron chi connectivity index (χ3n) is 5.70. The molecule has 2 N–H and O–H groups in total. The molecule has 5 rings (SSSR count). The van der Waals surface area contributed by atoms with E-state index in [0.717, 1.165) is 33.1 Å². The van der Waals surface area contributed by atoms with Crippen LogP contribution in [0.15, 0.2) is 77.3 Å². The number of hydrogen-bond acceptors (Lipinski definition) is 6. The average Bonchev–Trinajstić information content (AvgIpc) is 3.45. The molecule has 4 aromatic rings. The molecule has 1 amide bonds. The number of carbonyl (C=O) groups is 1. The Bertz CT molecular complexity index is 1360. The number of aromatic nitrogens is 3. The van der Waals surface area contributed by atoms with Crippen molar-refractivity contribution >= 4 is 28.9 Å². The van der Waals surface area contributed by atoms with E-state index in [1.807, 2.05) is 78.5 Å². The summed E-state index contributed by atoms with van der Waals surface area (Å²) in [6.07, 6.45) is 0. The minimum Gasteiger partial charge on any atom is -0.494 e. The Morgan fingerprint density at radius 1 is 1.12 bits per heavy atom. The van der Waals surface area contributed by atoms with E-state index in [9.17, 15) is 4.79 Å². The first kappa shape index (κ1) is 21.9. The lowest BCUT2D eigenvalue weighted by atomic mass is 9.99. The summed E-state index contributed by atoms with van der Waals surface area (Å²) in [5, 5.41) is 13.2. The zero-order valence-corrected chi connectivity index (χ0v) is 20.0. The summed E-state index contributed by atoms with van der Waals surface area (Å²) in [5.74, 6) is 1.83. The number of fused-ring (bicyclic) bond motifs is 1. The predicted molar refractivity (Wildman–Crippen MR) is 135 cm³/mol. The number of ether oxygens (including phenoxy) is 1. The third-order valence-corrected chi connectivity index (χ3v) is 6.77. The molecule has 1 atom stereocenters. The van der Waals surface area contributed by atoms with Gasteiger partial charge in [-0.05, 0) is 74.2 Å². The highest BCUT2D eigenvalue weighted by atomic mass is 32.1. The Kier molecular flexibility index (Phi) is 5.90. The number of hydrogen-bond donors (Lipinski definition) is 2. The highest BCUT2D eigenvalue weighted by Gasteiger charge is 2.36. The average molecular weight is 472 g/mol. The number of benzene rings is 2. The van der Waals surface area contributed by atoms with Gasteiger partial charge in [-0.1, -0.05) is 18.2 Å². The molecule has 1 unspecified atom stereocenters. The van der Waals surface area contributed by atoms with Crippen molar-refractivity contribution < 1.29 is 9.53 Å². The second-order valence-electron chi connectivity index (χ2n) is 8.02. The first-order valence-corrected chi connectivity index (χ1v) is 12.0. The van der Waals surface area contributed by atoms with Crippen LogP contribution in [0.4, 0.5) is 11.6 Å². The van der Waals surface area contributed by atoms with Crippen molar-refractivity contribution in [2.75, 3.05) is 17.2 Å². The summed E-state index contributed by atoms with van der Waals surface area (Å²) < 4.78 is 7.37. The summed E-state index contributed by atoms with van der Waals surface area (Å²) in [6, 6.07) is 18.9. The lowest BCUT2D eigenvalue weighted by Crippen LogP contribution is -2.31.